The Labute approximate surface area is 122 Å². The molecule has 1 saturated heterocycles. The van der Waals surface area contributed by atoms with Gasteiger partial charge in [-0.2, -0.15) is 0 Å². The molecule has 3 heteroatoms. The number of likely N-dealkylation sites (tertiary alicyclic amines) is 1. The quantitative estimate of drug-likeness (QED) is 0.838. The molecule has 2 rings (SSSR count). The number of nitrogens with zero attached hydrogens (tertiary/aromatic N) is 1. The number of hydrogen-bond acceptors (Lipinski definition) is 2. The highest BCUT2D eigenvalue weighted by atomic mass is 32.1. The molecule has 19 heavy (non-hydrogen) atoms. The smallest absolute Gasteiger partial charge is 0.0816 e. The van der Waals surface area contributed by atoms with Crippen molar-refractivity contribution in [3.63, 3.8) is 0 Å². The largest absolute Gasteiger partial charge is 0.393 e. The van der Waals surface area contributed by atoms with Crippen molar-refractivity contribution in [2.75, 3.05) is 13.1 Å². The third-order valence-electron chi connectivity index (χ3n) is 4.15. The summed E-state index contributed by atoms with van der Waals surface area (Å²) >= 11 is 5.29. The first-order valence-electron chi connectivity index (χ1n) is 7.18. The number of nitrogens with two attached hydrogens (primary N) is 1. The molecule has 2 unspecified atom stereocenters. The highest BCUT2D eigenvalue weighted by molar-refractivity contribution is 7.80. The molecule has 1 heterocycles. The second-order valence-corrected chi connectivity index (χ2v) is 6.29. The van der Waals surface area contributed by atoms with Crippen LogP contribution in [0.4, 0.5) is 0 Å². The molecule has 1 aliphatic rings. The summed E-state index contributed by atoms with van der Waals surface area (Å²) in [5.74, 6) is 0.876. The number of benzene rings is 1. The molecular formula is C16H24N2S. The van der Waals surface area contributed by atoms with Crippen molar-refractivity contribution in [1.82, 2.24) is 4.90 Å². The van der Waals surface area contributed by atoms with Crippen LogP contribution in [0.3, 0.4) is 0 Å². The van der Waals surface area contributed by atoms with E-state index in [1.807, 2.05) is 6.07 Å². The van der Waals surface area contributed by atoms with E-state index >= 15 is 0 Å². The Kier molecular flexibility index (Phi) is 4.94. The van der Waals surface area contributed by atoms with Gasteiger partial charge in [-0.1, -0.05) is 56.4 Å². The van der Waals surface area contributed by atoms with Gasteiger partial charge in [-0.15, -0.1) is 0 Å². The lowest BCUT2D eigenvalue weighted by Gasteiger charge is -2.31. The van der Waals surface area contributed by atoms with E-state index in [2.05, 4.69) is 43.0 Å². The summed E-state index contributed by atoms with van der Waals surface area (Å²) in [4.78, 5) is 3.18. The minimum absolute atomic E-state index is 0.176. The van der Waals surface area contributed by atoms with Gasteiger partial charge in [0.25, 0.3) is 0 Å². The molecule has 2 N–H and O–H groups in total. The van der Waals surface area contributed by atoms with E-state index < -0.39 is 0 Å². The van der Waals surface area contributed by atoms with E-state index in [4.69, 9.17) is 18.0 Å². The molecule has 2 nitrogen and oxygen atoms in total. The molecule has 0 amide bonds. The summed E-state index contributed by atoms with van der Waals surface area (Å²) in [5.41, 5.74) is 7.21. The summed E-state index contributed by atoms with van der Waals surface area (Å²) in [6.45, 7) is 6.75. The Morgan fingerprint density at radius 3 is 2.63 bits per heavy atom. The third-order valence-corrected chi connectivity index (χ3v) is 4.43. The molecular weight excluding hydrogens is 252 g/mol. The summed E-state index contributed by atoms with van der Waals surface area (Å²) < 4.78 is 0. The first-order chi connectivity index (χ1) is 9.09. The monoisotopic (exact) mass is 276 g/mol. The van der Waals surface area contributed by atoms with Crippen LogP contribution in [0.5, 0.6) is 0 Å². The van der Waals surface area contributed by atoms with E-state index in [9.17, 15) is 0 Å². The van der Waals surface area contributed by atoms with Crippen molar-refractivity contribution < 1.29 is 0 Å². The highest BCUT2D eigenvalue weighted by Crippen LogP contribution is 2.27. The van der Waals surface area contributed by atoms with Crippen molar-refractivity contribution in [3.05, 3.63) is 35.9 Å². The zero-order valence-electron chi connectivity index (χ0n) is 11.9. The summed E-state index contributed by atoms with van der Waals surface area (Å²) in [6, 6.07) is 11.1. The summed E-state index contributed by atoms with van der Waals surface area (Å²) in [5, 5.41) is 0. The molecule has 104 valence electrons. The van der Waals surface area contributed by atoms with Crippen molar-refractivity contribution in [1.29, 1.82) is 0 Å². The van der Waals surface area contributed by atoms with Gasteiger partial charge in [-0.05, 0) is 30.9 Å². The average molecular weight is 276 g/mol. The first kappa shape index (κ1) is 14.5. The molecule has 0 aromatic heterocycles. The predicted octanol–water partition coefficient (Wildman–Crippen LogP) is 3.18. The Bertz CT molecular complexity index is 416. The second-order valence-electron chi connectivity index (χ2n) is 5.81. The van der Waals surface area contributed by atoms with E-state index in [0.717, 1.165) is 6.54 Å². The Balaban J connectivity index is 2.11. The molecule has 0 aliphatic carbocycles. The van der Waals surface area contributed by atoms with Gasteiger partial charge < -0.3 is 5.73 Å². The van der Waals surface area contributed by atoms with Gasteiger partial charge >= 0.3 is 0 Å². The molecule has 1 aromatic carbocycles. The lowest BCUT2D eigenvalue weighted by atomic mass is 9.96. The van der Waals surface area contributed by atoms with E-state index in [1.54, 1.807) is 0 Å². The zero-order valence-corrected chi connectivity index (χ0v) is 12.7. The highest BCUT2D eigenvalue weighted by Gasteiger charge is 2.29. The van der Waals surface area contributed by atoms with Crippen LogP contribution in [0.25, 0.3) is 0 Å². The Hall–Kier alpha value is -0.930. The van der Waals surface area contributed by atoms with Gasteiger partial charge in [0.05, 0.1) is 4.99 Å². The van der Waals surface area contributed by atoms with Crippen LogP contribution >= 0.6 is 12.2 Å². The fourth-order valence-corrected chi connectivity index (χ4v) is 3.32. The van der Waals surface area contributed by atoms with Crippen LogP contribution in [-0.2, 0) is 0 Å². The molecule has 2 atom stereocenters. The number of hydrogen-bond donors (Lipinski definition) is 1. The fraction of sp³-hybridized carbons (Fsp3) is 0.562. The lowest BCUT2D eigenvalue weighted by Crippen LogP contribution is -2.39. The van der Waals surface area contributed by atoms with Crippen LogP contribution in [0, 0.1) is 5.92 Å². The number of thiocarbonyl (C=S) groups is 1. The minimum Gasteiger partial charge on any atom is -0.393 e. The van der Waals surface area contributed by atoms with Crippen LogP contribution < -0.4 is 5.73 Å². The molecule has 0 spiro atoms. The van der Waals surface area contributed by atoms with Crippen molar-refractivity contribution in [2.24, 2.45) is 11.7 Å². The van der Waals surface area contributed by atoms with Crippen molar-refractivity contribution in [2.45, 2.75) is 38.6 Å². The van der Waals surface area contributed by atoms with Crippen molar-refractivity contribution >= 4 is 17.2 Å². The lowest BCUT2D eigenvalue weighted by molar-refractivity contribution is 0.205. The zero-order chi connectivity index (χ0) is 13.8. The topological polar surface area (TPSA) is 29.3 Å². The molecule has 0 bridgehead atoms. The molecule has 1 aliphatic heterocycles. The minimum atomic E-state index is 0.176. The molecule has 0 saturated carbocycles. The van der Waals surface area contributed by atoms with Crippen LogP contribution in [-0.4, -0.2) is 29.0 Å². The molecule has 0 radical (unpaired) electrons. The van der Waals surface area contributed by atoms with Gasteiger partial charge in [0.2, 0.25) is 0 Å². The van der Waals surface area contributed by atoms with Crippen LogP contribution in [0.1, 0.15) is 38.2 Å². The van der Waals surface area contributed by atoms with Gasteiger partial charge in [0.15, 0.2) is 0 Å². The van der Waals surface area contributed by atoms with Gasteiger partial charge in [0, 0.05) is 18.5 Å². The standard InChI is InChI=1S/C16H24N2S/c1-12(2)15-9-6-10-18(15)11-14(16(17)19)13-7-4-3-5-8-13/h3-5,7-8,12,14-15H,6,9-11H2,1-2H3,(H2,17,19). The van der Waals surface area contributed by atoms with Crippen molar-refractivity contribution in [3.8, 4) is 0 Å². The predicted molar refractivity (Wildman–Crippen MR) is 85.4 cm³/mol. The second kappa shape index (κ2) is 6.49. The maximum Gasteiger partial charge on any atom is 0.0816 e. The normalized spacial score (nSPS) is 21.7. The maximum absolute atomic E-state index is 5.97. The SMILES string of the molecule is CC(C)C1CCCN1CC(C(N)=S)c1ccccc1. The van der Waals surface area contributed by atoms with Crippen LogP contribution in [0.2, 0.25) is 0 Å². The van der Waals surface area contributed by atoms with Gasteiger partial charge in [-0.25, -0.2) is 0 Å². The first-order valence-corrected chi connectivity index (χ1v) is 7.58. The van der Waals surface area contributed by atoms with Crippen LogP contribution in [0.15, 0.2) is 30.3 Å². The Morgan fingerprint density at radius 1 is 1.37 bits per heavy atom. The molecule has 1 aromatic rings. The Morgan fingerprint density at radius 2 is 2.05 bits per heavy atom. The third kappa shape index (κ3) is 3.54. The summed E-state index contributed by atoms with van der Waals surface area (Å²) in [7, 11) is 0. The van der Waals surface area contributed by atoms with E-state index in [0.29, 0.717) is 16.9 Å². The number of rotatable bonds is 5. The average Bonchev–Trinajstić information content (AvgIpc) is 2.85. The maximum atomic E-state index is 5.97. The summed E-state index contributed by atoms with van der Waals surface area (Å²) in [6.07, 6.45) is 2.60. The fourth-order valence-electron chi connectivity index (χ4n) is 3.11. The van der Waals surface area contributed by atoms with Gasteiger partial charge in [-0.3, -0.25) is 4.90 Å². The van der Waals surface area contributed by atoms with Gasteiger partial charge in [0.1, 0.15) is 0 Å². The van der Waals surface area contributed by atoms with E-state index in [1.165, 1.54) is 24.9 Å². The van der Waals surface area contributed by atoms with E-state index in [-0.39, 0.29) is 5.92 Å². The molecule has 1 fully saturated rings.